The third-order valence-electron chi connectivity index (χ3n) is 3.60. The number of ether oxygens (including phenoxy) is 1. The maximum absolute atomic E-state index is 13.0. The van der Waals surface area contributed by atoms with Crippen molar-refractivity contribution in [2.75, 3.05) is 13.3 Å². The Labute approximate surface area is 139 Å². The third-order valence-corrected chi connectivity index (χ3v) is 12.2. The molecule has 21 heavy (non-hydrogen) atoms. The second kappa shape index (κ2) is 6.45. The van der Waals surface area contributed by atoms with E-state index in [4.69, 9.17) is 4.74 Å². The molecule has 0 radical (unpaired) electrons. The van der Waals surface area contributed by atoms with Gasteiger partial charge in [-0.25, -0.2) is 0 Å². The number of carbonyl (C=O) groups excluding carboxylic acids is 1. The van der Waals surface area contributed by atoms with Crippen LogP contribution < -0.4 is 10.6 Å². The molecule has 0 saturated carbocycles. The first kappa shape index (κ1) is 16.4. The number of hydrogen-bond acceptors (Lipinski definition) is 2. The zero-order chi connectivity index (χ0) is 15.4. The van der Waals surface area contributed by atoms with Gasteiger partial charge in [-0.3, -0.25) is 0 Å². The van der Waals surface area contributed by atoms with Crippen molar-refractivity contribution in [3.8, 4) is 0 Å². The molecule has 0 aromatic heterocycles. The van der Waals surface area contributed by atoms with E-state index in [1.807, 2.05) is 67.6 Å². The summed E-state index contributed by atoms with van der Waals surface area (Å²) in [5.74, 6) is 0. The van der Waals surface area contributed by atoms with Crippen LogP contribution in [0.15, 0.2) is 60.7 Å². The molecule has 2 rings (SSSR count). The van der Waals surface area contributed by atoms with Gasteiger partial charge in [0.25, 0.3) is 0 Å². The van der Waals surface area contributed by atoms with E-state index in [2.05, 4.69) is 28.7 Å². The Morgan fingerprint density at radius 1 is 1.00 bits per heavy atom. The average molecular weight is 414 g/mol. The van der Waals surface area contributed by atoms with Crippen molar-refractivity contribution < 1.29 is 9.53 Å². The Morgan fingerprint density at radius 3 is 1.81 bits per heavy atom. The van der Waals surface area contributed by atoms with Crippen LogP contribution in [0.3, 0.4) is 0 Å². The monoisotopic (exact) mass is 414 g/mol. The van der Waals surface area contributed by atoms with E-state index in [1.54, 1.807) is 0 Å². The van der Waals surface area contributed by atoms with Gasteiger partial charge in [0.15, 0.2) is 0 Å². The summed E-state index contributed by atoms with van der Waals surface area (Å²) in [5, 5.41) is 2.10. The molecular weight excluding hydrogens is 394 g/mol. The fourth-order valence-corrected chi connectivity index (χ4v) is 7.50. The van der Waals surface area contributed by atoms with Crippen LogP contribution in [0.4, 0.5) is 4.79 Å². The van der Waals surface area contributed by atoms with E-state index in [9.17, 15) is 4.79 Å². The van der Waals surface area contributed by atoms with Gasteiger partial charge in [-0.05, 0) is 0 Å². The quantitative estimate of drug-likeness (QED) is 0.523. The molecule has 0 saturated heterocycles. The topological polar surface area (TPSA) is 26.3 Å². The van der Waals surface area contributed by atoms with Crippen molar-refractivity contribution in [3.63, 3.8) is 0 Å². The molecule has 0 aliphatic rings. The Bertz CT molecular complexity index is 568. The number of benzene rings is 2. The van der Waals surface area contributed by atoms with Gasteiger partial charge >= 0.3 is 139 Å². The van der Waals surface area contributed by atoms with Crippen molar-refractivity contribution in [2.45, 2.75) is 13.3 Å². The number of hydrogen-bond donors (Lipinski definition) is 0. The second-order valence-electron chi connectivity index (χ2n) is 5.21. The van der Waals surface area contributed by atoms with Crippen molar-refractivity contribution in [1.82, 2.24) is 0 Å². The molecule has 0 aliphatic heterocycles. The molecule has 0 amide bonds. The molecular formula is C17H20IO2P. The number of halogens is 1. The second-order valence-corrected chi connectivity index (χ2v) is 16.7. The Kier molecular flexibility index (Phi) is 5.05. The van der Waals surface area contributed by atoms with Crippen LogP contribution in [0.2, 0.25) is 0 Å². The van der Waals surface area contributed by atoms with Crippen LogP contribution >= 0.6 is 26.3 Å². The third kappa shape index (κ3) is 3.00. The molecule has 4 heteroatoms. The molecule has 2 aromatic carbocycles. The first-order valence-corrected chi connectivity index (χ1v) is 12.5. The summed E-state index contributed by atoms with van der Waals surface area (Å²) in [6, 6.07) is 20.0. The molecule has 0 aliphatic carbocycles. The first-order valence-electron chi connectivity index (χ1n) is 7.01. The van der Waals surface area contributed by atoms with Crippen LogP contribution in [0.5, 0.6) is 0 Å². The molecule has 0 bridgehead atoms. The summed E-state index contributed by atoms with van der Waals surface area (Å²) in [5.41, 5.74) is -0.0964. The van der Waals surface area contributed by atoms with Crippen molar-refractivity contribution in [1.29, 1.82) is 0 Å². The van der Waals surface area contributed by atoms with Crippen LogP contribution in [0.1, 0.15) is 13.3 Å². The number of rotatable bonds is 5. The van der Waals surface area contributed by atoms with Crippen molar-refractivity contribution in [3.05, 3.63) is 60.7 Å². The summed E-state index contributed by atoms with van der Waals surface area (Å²) in [7, 11) is 0. The molecule has 0 fully saturated rings. The van der Waals surface area contributed by atoms with Gasteiger partial charge in [-0.1, -0.05) is 0 Å². The van der Waals surface area contributed by atoms with Gasteiger partial charge in [0, 0.05) is 0 Å². The van der Waals surface area contributed by atoms with Gasteiger partial charge in [0.2, 0.25) is 0 Å². The molecule has 0 N–H and O–H groups in total. The number of carbonyl (C=O) groups is 1. The normalized spacial score (nSPS) is 13.2. The Balaban J connectivity index is 2.62. The minimum atomic E-state index is -3.03. The van der Waals surface area contributed by atoms with Crippen molar-refractivity contribution >= 4 is 42.6 Å². The summed E-state index contributed by atoms with van der Waals surface area (Å²) in [6.45, 7) is 4.54. The van der Waals surface area contributed by atoms with Crippen LogP contribution in [-0.4, -0.2) is 19.0 Å². The first-order chi connectivity index (χ1) is 9.99. The predicted octanol–water partition coefficient (Wildman–Crippen LogP) is 4.72. The molecule has 0 spiro atoms. The zero-order valence-electron chi connectivity index (χ0n) is 12.3. The molecule has 0 unspecified atom stereocenters. The standard InChI is InChI=1S/C17H20IO2P/c1-3-14-20-17(19)21(2,18,15-10-6-4-7-11-15)16-12-8-5-9-13-16/h4-13H,3,14H2,1-2H3. The maximum atomic E-state index is 13.0. The van der Waals surface area contributed by atoms with Crippen LogP contribution in [0.25, 0.3) is 0 Å². The van der Waals surface area contributed by atoms with Crippen LogP contribution in [0, 0.1) is 0 Å². The summed E-state index contributed by atoms with van der Waals surface area (Å²) < 4.78 is 2.55. The van der Waals surface area contributed by atoms with E-state index < -0.39 is 4.25 Å². The van der Waals surface area contributed by atoms with Gasteiger partial charge in [-0.2, -0.15) is 0 Å². The fraction of sp³-hybridized carbons (Fsp3) is 0.235. The summed E-state index contributed by atoms with van der Waals surface area (Å²) in [4.78, 5) is 13.0. The Hall–Kier alpha value is -0.930. The van der Waals surface area contributed by atoms with Gasteiger partial charge in [0.1, 0.15) is 0 Å². The van der Waals surface area contributed by atoms with E-state index in [0.29, 0.717) is 6.61 Å². The van der Waals surface area contributed by atoms with Gasteiger partial charge in [-0.15, -0.1) is 0 Å². The van der Waals surface area contributed by atoms with Gasteiger partial charge in [0.05, 0.1) is 0 Å². The average Bonchev–Trinajstić information content (AvgIpc) is 2.54. The molecule has 0 atom stereocenters. The molecule has 2 nitrogen and oxygen atoms in total. The fourth-order valence-electron chi connectivity index (χ4n) is 2.27. The van der Waals surface area contributed by atoms with Crippen LogP contribution in [-0.2, 0) is 4.74 Å². The van der Waals surface area contributed by atoms with E-state index in [1.165, 1.54) is 0 Å². The molecule has 2 aromatic rings. The van der Waals surface area contributed by atoms with E-state index in [-0.39, 0.29) is 5.71 Å². The van der Waals surface area contributed by atoms with E-state index >= 15 is 0 Å². The summed E-state index contributed by atoms with van der Waals surface area (Å²) in [6.07, 6.45) is 0.832. The minimum absolute atomic E-state index is 0.0964. The zero-order valence-corrected chi connectivity index (χ0v) is 15.4. The van der Waals surface area contributed by atoms with Crippen molar-refractivity contribution in [2.24, 2.45) is 0 Å². The Morgan fingerprint density at radius 2 is 1.43 bits per heavy atom. The SMILES string of the molecule is CCCOC(=O)P(C)(I)(c1ccccc1)c1ccccc1. The molecule has 112 valence electrons. The van der Waals surface area contributed by atoms with Gasteiger partial charge < -0.3 is 0 Å². The summed E-state index contributed by atoms with van der Waals surface area (Å²) >= 11 is 2.36. The van der Waals surface area contributed by atoms with E-state index in [0.717, 1.165) is 17.0 Å². The molecule has 0 heterocycles. The predicted molar refractivity (Wildman–Crippen MR) is 101 cm³/mol.